The summed E-state index contributed by atoms with van der Waals surface area (Å²) in [6.45, 7) is 3.52. The molecule has 1 aliphatic carbocycles. The van der Waals surface area contributed by atoms with Crippen LogP contribution in [0.2, 0.25) is 0 Å². The van der Waals surface area contributed by atoms with Crippen molar-refractivity contribution in [3.8, 4) is 0 Å². The number of amides is 1. The van der Waals surface area contributed by atoms with Gasteiger partial charge in [0.1, 0.15) is 0 Å². The number of benzene rings is 1. The predicted octanol–water partition coefficient (Wildman–Crippen LogP) is 2.88. The van der Waals surface area contributed by atoms with Gasteiger partial charge in [0.05, 0.1) is 13.2 Å². The SMILES string of the molecule is CN(C)C1(c2ccccc2)CCC2(CC1)CC(=O)N(CC1COC1)C2. The maximum atomic E-state index is 12.6. The molecule has 1 saturated carbocycles. The quantitative estimate of drug-likeness (QED) is 0.843. The summed E-state index contributed by atoms with van der Waals surface area (Å²) in [4.78, 5) is 17.1. The smallest absolute Gasteiger partial charge is 0.223 e. The summed E-state index contributed by atoms with van der Waals surface area (Å²) in [5, 5.41) is 0. The number of carbonyl (C=O) groups is 1. The highest BCUT2D eigenvalue weighted by atomic mass is 16.5. The van der Waals surface area contributed by atoms with Gasteiger partial charge in [-0.2, -0.15) is 0 Å². The molecular weight excluding hydrogens is 312 g/mol. The van der Waals surface area contributed by atoms with Crippen LogP contribution < -0.4 is 0 Å². The topological polar surface area (TPSA) is 32.8 Å². The molecule has 2 heterocycles. The van der Waals surface area contributed by atoms with Gasteiger partial charge >= 0.3 is 0 Å². The van der Waals surface area contributed by atoms with Crippen LogP contribution in [0.5, 0.6) is 0 Å². The van der Waals surface area contributed by atoms with Crippen molar-refractivity contribution in [1.82, 2.24) is 9.80 Å². The fourth-order valence-corrected chi connectivity index (χ4v) is 5.12. The van der Waals surface area contributed by atoms with E-state index < -0.39 is 0 Å². The lowest BCUT2D eigenvalue weighted by molar-refractivity contribution is -0.130. The van der Waals surface area contributed by atoms with E-state index in [4.69, 9.17) is 4.74 Å². The van der Waals surface area contributed by atoms with Gasteiger partial charge in [-0.3, -0.25) is 9.69 Å². The Bertz CT molecular complexity index is 616. The second-order valence-corrected chi connectivity index (χ2v) is 8.65. The van der Waals surface area contributed by atoms with Crippen molar-refractivity contribution in [1.29, 1.82) is 0 Å². The van der Waals surface area contributed by atoms with E-state index in [-0.39, 0.29) is 11.0 Å². The Labute approximate surface area is 151 Å². The molecule has 1 aromatic carbocycles. The van der Waals surface area contributed by atoms with Gasteiger partial charge in [0.2, 0.25) is 5.91 Å². The van der Waals surface area contributed by atoms with Gasteiger partial charge in [-0.1, -0.05) is 30.3 Å². The van der Waals surface area contributed by atoms with Crippen molar-refractivity contribution in [2.24, 2.45) is 11.3 Å². The minimum atomic E-state index is 0.116. The second-order valence-electron chi connectivity index (χ2n) is 8.65. The molecule has 4 heteroatoms. The van der Waals surface area contributed by atoms with Gasteiger partial charge in [-0.15, -0.1) is 0 Å². The third-order valence-corrected chi connectivity index (χ3v) is 6.90. The molecule has 3 aliphatic rings. The van der Waals surface area contributed by atoms with E-state index in [1.165, 1.54) is 5.56 Å². The fourth-order valence-electron chi connectivity index (χ4n) is 5.12. The van der Waals surface area contributed by atoms with Crippen LogP contribution in [0, 0.1) is 11.3 Å². The molecule has 0 unspecified atom stereocenters. The minimum absolute atomic E-state index is 0.116. The number of rotatable bonds is 4. The Morgan fingerprint density at radius 2 is 1.80 bits per heavy atom. The fraction of sp³-hybridized carbons (Fsp3) is 0.667. The third kappa shape index (κ3) is 3.00. The Hall–Kier alpha value is -1.39. The first-order chi connectivity index (χ1) is 12.0. The van der Waals surface area contributed by atoms with Crippen LogP contribution in [0.15, 0.2) is 30.3 Å². The molecule has 1 amide bonds. The number of hydrogen-bond acceptors (Lipinski definition) is 3. The Morgan fingerprint density at radius 1 is 1.12 bits per heavy atom. The van der Waals surface area contributed by atoms with E-state index in [1.54, 1.807) is 0 Å². The maximum absolute atomic E-state index is 12.6. The molecule has 0 radical (unpaired) electrons. The molecule has 0 aromatic heterocycles. The van der Waals surface area contributed by atoms with Gasteiger partial charge in [-0.25, -0.2) is 0 Å². The van der Waals surface area contributed by atoms with Crippen LogP contribution in [0.4, 0.5) is 0 Å². The largest absolute Gasteiger partial charge is 0.381 e. The van der Waals surface area contributed by atoms with E-state index in [0.717, 1.165) is 58.4 Å². The maximum Gasteiger partial charge on any atom is 0.223 e. The molecule has 4 rings (SSSR count). The van der Waals surface area contributed by atoms with Gasteiger partial charge in [0.15, 0.2) is 0 Å². The standard InChI is InChI=1S/C21H30N2O2/c1-22(2)21(18-6-4-3-5-7-18)10-8-20(9-11-21)12-19(24)23(16-20)13-17-14-25-15-17/h3-7,17H,8-16H2,1-2H3. The number of likely N-dealkylation sites (tertiary alicyclic amines) is 1. The molecule has 2 saturated heterocycles. The monoisotopic (exact) mass is 342 g/mol. The zero-order valence-corrected chi connectivity index (χ0v) is 15.5. The molecule has 1 spiro atoms. The van der Waals surface area contributed by atoms with Crippen molar-refractivity contribution in [3.05, 3.63) is 35.9 Å². The summed E-state index contributed by atoms with van der Waals surface area (Å²) >= 11 is 0. The van der Waals surface area contributed by atoms with Crippen LogP contribution in [-0.2, 0) is 15.1 Å². The average molecular weight is 342 g/mol. The molecule has 3 fully saturated rings. The van der Waals surface area contributed by atoms with E-state index in [0.29, 0.717) is 11.8 Å². The molecule has 0 N–H and O–H groups in total. The summed E-state index contributed by atoms with van der Waals surface area (Å²) in [5.41, 5.74) is 1.74. The summed E-state index contributed by atoms with van der Waals surface area (Å²) in [7, 11) is 4.40. The summed E-state index contributed by atoms with van der Waals surface area (Å²) in [6.07, 6.45) is 5.31. The normalized spacial score (nSPS) is 33.2. The Balaban J connectivity index is 1.47. The van der Waals surface area contributed by atoms with Crippen LogP contribution in [0.1, 0.15) is 37.7 Å². The molecule has 4 nitrogen and oxygen atoms in total. The molecule has 136 valence electrons. The predicted molar refractivity (Wildman–Crippen MR) is 98.2 cm³/mol. The van der Waals surface area contributed by atoms with Crippen molar-refractivity contribution < 1.29 is 9.53 Å². The van der Waals surface area contributed by atoms with Crippen molar-refractivity contribution in [3.63, 3.8) is 0 Å². The van der Waals surface area contributed by atoms with E-state index in [2.05, 4.69) is 54.2 Å². The van der Waals surface area contributed by atoms with Crippen molar-refractivity contribution in [2.75, 3.05) is 40.4 Å². The molecule has 1 aromatic rings. The summed E-state index contributed by atoms with van der Waals surface area (Å²) < 4.78 is 5.28. The van der Waals surface area contributed by atoms with Crippen molar-refractivity contribution in [2.45, 2.75) is 37.6 Å². The van der Waals surface area contributed by atoms with Crippen LogP contribution in [0.25, 0.3) is 0 Å². The van der Waals surface area contributed by atoms with E-state index in [1.807, 2.05) is 0 Å². The second kappa shape index (κ2) is 6.40. The first kappa shape index (κ1) is 17.0. The molecule has 2 aliphatic heterocycles. The first-order valence-electron chi connectivity index (χ1n) is 9.62. The van der Waals surface area contributed by atoms with Crippen LogP contribution in [0.3, 0.4) is 0 Å². The van der Waals surface area contributed by atoms with Gasteiger partial charge in [0.25, 0.3) is 0 Å². The van der Waals surface area contributed by atoms with E-state index in [9.17, 15) is 4.79 Å². The highest BCUT2D eigenvalue weighted by Crippen LogP contribution is 2.52. The van der Waals surface area contributed by atoms with Gasteiger partial charge in [0, 0.05) is 31.0 Å². The lowest BCUT2D eigenvalue weighted by atomic mass is 9.64. The zero-order chi connectivity index (χ0) is 17.5. The number of carbonyl (C=O) groups excluding carboxylic acids is 1. The Morgan fingerprint density at radius 3 is 2.36 bits per heavy atom. The number of ether oxygens (including phenoxy) is 1. The van der Waals surface area contributed by atoms with Crippen LogP contribution >= 0.6 is 0 Å². The molecule has 25 heavy (non-hydrogen) atoms. The lowest BCUT2D eigenvalue weighted by Gasteiger charge is -2.49. The van der Waals surface area contributed by atoms with Crippen molar-refractivity contribution >= 4 is 5.91 Å². The van der Waals surface area contributed by atoms with E-state index >= 15 is 0 Å². The highest BCUT2D eigenvalue weighted by Gasteiger charge is 2.50. The summed E-state index contributed by atoms with van der Waals surface area (Å²) in [5.74, 6) is 0.928. The average Bonchev–Trinajstić information content (AvgIpc) is 2.88. The molecular formula is C21H30N2O2. The zero-order valence-electron chi connectivity index (χ0n) is 15.5. The molecule has 0 atom stereocenters. The summed E-state index contributed by atoms with van der Waals surface area (Å²) in [6, 6.07) is 10.9. The lowest BCUT2D eigenvalue weighted by Crippen LogP contribution is -2.47. The van der Waals surface area contributed by atoms with Crippen LogP contribution in [-0.4, -0.2) is 56.1 Å². The van der Waals surface area contributed by atoms with Gasteiger partial charge in [-0.05, 0) is 50.8 Å². The first-order valence-corrected chi connectivity index (χ1v) is 9.62. The Kier molecular flexibility index (Phi) is 4.37. The highest BCUT2D eigenvalue weighted by molar-refractivity contribution is 5.79. The van der Waals surface area contributed by atoms with Gasteiger partial charge < -0.3 is 9.64 Å². The third-order valence-electron chi connectivity index (χ3n) is 6.90. The molecule has 0 bridgehead atoms. The number of nitrogens with zero attached hydrogens (tertiary/aromatic N) is 2. The minimum Gasteiger partial charge on any atom is -0.381 e. The number of hydrogen-bond donors (Lipinski definition) is 0.